The number of pyridine rings is 1. The Hall–Kier alpha value is -1.16. The largest absolute Gasteiger partial charge is 0.478 e. The van der Waals surface area contributed by atoms with Crippen LogP contribution in [0, 0.1) is 0 Å². The van der Waals surface area contributed by atoms with E-state index in [0.717, 1.165) is 12.0 Å². The maximum Gasteiger partial charge on any atom is 0.213 e. The van der Waals surface area contributed by atoms with Crippen LogP contribution in [0.25, 0.3) is 0 Å². The minimum Gasteiger partial charge on any atom is -0.478 e. The molecule has 82 valence electrons. The predicted molar refractivity (Wildman–Crippen MR) is 65.1 cm³/mol. The van der Waals surface area contributed by atoms with Crippen LogP contribution in [0.3, 0.4) is 0 Å². The number of ether oxygens (including phenoxy) is 1. The van der Waals surface area contributed by atoms with Gasteiger partial charge < -0.3 is 10.5 Å². The molecule has 0 fully saturated rings. The summed E-state index contributed by atoms with van der Waals surface area (Å²) < 4.78 is 5.45. The summed E-state index contributed by atoms with van der Waals surface area (Å²) in [5.41, 5.74) is 6.22. The van der Waals surface area contributed by atoms with Crippen LogP contribution >= 0.6 is 12.2 Å². The van der Waals surface area contributed by atoms with E-state index in [0.29, 0.717) is 17.5 Å². The number of aromatic nitrogens is 1. The molecule has 0 aliphatic heterocycles. The second-order valence-electron chi connectivity index (χ2n) is 3.30. The molecule has 0 aliphatic carbocycles. The Morgan fingerprint density at radius 1 is 1.47 bits per heavy atom. The van der Waals surface area contributed by atoms with Crippen molar-refractivity contribution >= 4 is 17.2 Å². The van der Waals surface area contributed by atoms with E-state index in [-0.39, 0.29) is 0 Å². The van der Waals surface area contributed by atoms with Gasteiger partial charge in [0.05, 0.1) is 6.61 Å². The second-order valence-corrected chi connectivity index (χ2v) is 3.74. The molecule has 0 unspecified atom stereocenters. The molecule has 0 saturated heterocycles. The van der Waals surface area contributed by atoms with E-state index in [1.807, 2.05) is 6.07 Å². The van der Waals surface area contributed by atoms with Crippen LogP contribution in [0.1, 0.15) is 31.7 Å². The Labute approximate surface area is 95.7 Å². The van der Waals surface area contributed by atoms with Crippen LogP contribution in [-0.2, 0) is 0 Å². The van der Waals surface area contributed by atoms with Gasteiger partial charge in [-0.25, -0.2) is 4.98 Å². The maximum atomic E-state index is 5.45. The zero-order chi connectivity index (χ0) is 11.1. The van der Waals surface area contributed by atoms with Crippen LogP contribution < -0.4 is 10.5 Å². The summed E-state index contributed by atoms with van der Waals surface area (Å²) in [6.45, 7) is 2.88. The first-order valence-electron chi connectivity index (χ1n) is 5.12. The Kier molecular flexibility index (Phi) is 5.04. The lowest BCUT2D eigenvalue weighted by Crippen LogP contribution is -2.09. The molecule has 1 aromatic heterocycles. The van der Waals surface area contributed by atoms with Gasteiger partial charge in [0, 0.05) is 17.8 Å². The van der Waals surface area contributed by atoms with Gasteiger partial charge in [-0.15, -0.1) is 0 Å². The molecule has 0 amide bonds. The fourth-order valence-corrected chi connectivity index (χ4v) is 1.26. The maximum absolute atomic E-state index is 5.45. The first-order valence-corrected chi connectivity index (χ1v) is 5.53. The van der Waals surface area contributed by atoms with Gasteiger partial charge in [-0.1, -0.05) is 32.0 Å². The molecule has 2 N–H and O–H groups in total. The molecule has 3 nitrogen and oxygen atoms in total. The number of hydrogen-bond donors (Lipinski definition) is 1. The SMILES string of the molecule is CCCCCOc1ccc(C(N)=S)cn1. The molecule has 0 saturated carbocycles. The van der Waals surface area contributed by atoms with Gasteiger partial charge in [0.15, 0.2) is 0 Å². The number of unbranched alkanes of at least 4 members (excludes halogenated alkanes) is 2. The van der Waals surface area contributed by atoms with E-state index in [9.17, 15) is 0 Å². The van der Waals surface area contributed by atoms with Gasteiger partial charge in [-0.3, -0.25) is 0 Å². The lowest BCUT2D eigenvalue weighted by Gasteiger charge is -2.04. The number of nitrogens with zero attached hydrogens (tertiary/aromatic N) is 1. The van der Waals surface area contributed by atoms with Crippen molar-refractivity contribution in [1.29, 1.82) is 0 Å². The summed E-state index contributed by atoms with van der Waals surface area (Å²) in [6.07, 6.45) is 5.08. The van der Waals surface area contributed by atoms with Crippen molar-refractivity contribution in [3.8, 4) is 5.88 Å². The third-order valence-corrected chi connectivity index (χ3v) is 2.25. The van der Waals surface area contributed by atoms with Gasteiger partial charge >= 0.3 is 0 Å². The Morgan fingerprint density at radius 3 is 2.80 bits per heavy atom. The smallest absolute Gasteiger partial charge is 0.213 e. The molecule has 0 aliphatic rings. The van der Waals surface area contributed by atoms with Gasteiger partial charge in [0.1, 0.15) is 4.99 Å². The van der Waals surface area contributed by atoms with Crippen LogP contribution in [0.2, 0.25) is 0 Å². The highest BCUT2D eigenvalue weighted by atomic mass is 32.1. The van der Waals surface area contributed by atoms with Crippen molar-refractivity contribution < 1.29 is 4.74 Å². The van der Waals surface area contributed by atoms with Gasteiger partial charge in [0.2, 0.25) is 5.88 Å². The van der Waals surface area contributed by atoms with Gasteiger partial charge in [-0.2, -0.15) is 0 Å². The highest BCUT2D eigenvalue weighted by Gasteiger charge is 1.98. The number of rotatable bonds is 6. The molecular formula is C11H16N2OS. The average molecular weight is 224 g/mol. The molecule has 1 aromatic rings. The first kappa shape index (κ1) is 11.9. The van der Waals surface area contributed by atoms with Crippen molar-refractivity contribution in [2.75, 3.05) is 6.61 Å². The summed E-state index contributed by atoms with van der Waals surface area (Å²) in [6, 6.07) is 3.62. The summed E-state index contributed by atoms with van der Waals surface area (Å²) >= 11 is 4.82. The molecular weight excluding hydrogens is 208 g/mol. The van der Waals surface area contributed by atoms with E-state index in [1.165, 1.54) is 12.8 Å². The van der Waals surface area contributed by atoms with Crippen molar-refractivity contribution in [2.45, 2.75) is 26.2 Å². The van der Waals surface area contributed by atoms with Crippen LogP contribution in [0.4, 0.5) is 0 Å². The normalized spacial score (nSPS) is 9.93. The number of thiocarbonyl (C=S) groups is 1. The van der Waals surface area contributed by atoms with Crippen LogP contribution in [0.5, 0.6) is 5.88 Å². The van der Waals surface area contributed by atoms with E-state index >= 15 is 0 Å². The zero-order valence-electron chi connectivity index (χ0n) is 8.90. The van der Waals surface area contributed by atoms with Crippen molar-refractivity contribution in [3.05, 3.63) is 23.9 Å². The lowest BCUT2D eigenvalue weighted by molar-refractivity contribution is 0.295. The van der Waals surface area contributed by atoms with Gasteiger partial charge in [0.25, 0.3) is 0 Å². The molecule has 0 bridgehead atoms. The van der Waals surface area contributed by atoms with E-state index in [1.54, 1.807) is 12.3 Å². The molecule has 0 spiro atoms. The Balaban J connectivity index is 2.39. The van der Waals surface area contributed by atoms with Crippen molar-refractivity contribution in [2.24, 2.45) is 5.73 Å². The minimum absolute atomic E-state index is 0.361. The summed E-state index contributed by atoms with van der Waals surface area (Å²) in [4.78, 5) is 4.47. The van der Waals surface area contributed by atoms with E-state index < -0.39 is 0 Å². The highest BCUT2D eigenvalue weighted by molar-refractivity contribution is 7.80. The summed E-state index contributed by atoms with van der Waals surface area (Å²) in [5, 5.41) is 0. The highest BCUT2D eigenvalue weighted by Crippen LogP contribution is 2.08. The van der Waals surface area contributed by atoms with E-state index in [2.05, 4.69) is 11.9 Å². The Bertz CT molecular complexity index is 311. The first-order chi connectivity index (χ1) is 7.24. The second kappa shape index (κ2) is 6.35. The quantitative estimate of drug-likeness (QED) is 0.595. The third kappa shape index (κ3) is 4.25. The predicted octanol–water partition coefficient (Wildman–Crippen LogP) is 2.28. The summed E-state index contributed by atoms with van der Waals surface area (Å²) in [7, 11) is 0. The molecule has 0 atom stereocenters. The standard InChI is InChI=1S/C11H16N2OS/c1-2-3-4-7-14-10-6-5-9(8-13-10)11(12)15/h5-6,8H,2-4,7H2,1H3,(H2,12,15). The minimum atomic E-state index is 0.361. The zero-order valence-corrected chi connectivity index (χ0v) is 9.72. The topological polar surface area (TPSA) is 48.1 Å². The molecule has 1 heterocycles. The third-order valence-electron chi connectivity index (χ3n) is 2.02. The van der Waals surface area contributed by atoms with Crippen LogP contribution in [0.15, 0.2) is 18.3 Å². The molecule has 0 radical (unpaired) electrons. The van der Waals surface area contributed by atoms with E-state index in [4.69, 9.17) is 22.7 Å². The van der Waals surface area contributed by atoms with Crippen LogP contribution in [-0.4, -0.2) is 16.6 Å². The lowest BCUT2D eigenvalue weighted by atomic mass is 10.3. The fraction of sp³-hybridized carbons (Fsp3) is 0.455. The number of hydrogen-bond acceptors (Lipinski definition) is 3. The molecule has 4 heteroatoms. The molecule has 0 aromatic carbocycles. The number of nitrogens with two attached hydrogens (primary N) is 1. The average Bonchev–Trinajstić information content (AvgIpc) is 2.25. The molecule has 1 rings (SSSR count). The molecule has 15 heavy (non-hydrogen) atoms. The van der Waals surface area contributed by atoms with Gasteiger partial charge in [-0.05, 0) is 12.5 Å². The fourth-order valence-electron chi connectivity index (χ4n) is 1.14. The summed E-state index contributed by atoms with van der Waals surface area (Å²) in [5.74, 6) is 0.631. The van der Waals surface area contributed by atoms with Crippen molar-refractivity contribution in [1.82, 2.24) is 4.98 Å². The van der Waals surface area contributed by atoms with Crippen molar-refractivity contribution in [3.63, 3.8) is 0 Å². The Morgan fingerprint density at radius 2 is 2.27 bits per heavy atom. The monoisotopic (exact) mass is 224 g/mol.